The van der Waals surface area contributed by atoms with Crippen LogP contribution in [0.25, 0.3) is 0 Å². The van der Waals surface area contributed by atoms with Gasteiger partial charge in [0.05, 0.1) is 21.1 Å². The summed E-state index contributed by atoms with van der Waals surface area (Å²) in [6.45, 7) is 1.80. The topological polar surface area (TPSA) is 40.5 Å². The zero-order chi connectivity index (χ0) is 7.65. The van der Waals surface area contributed by atoms with Crippen LogP contribution >= 0.6 is 0 Å². The van der Waals surface area contributed by atoms with E-state index in [-0.39, 0.29) is 6.04 Å². The van der Waals surface area contributed by atoms with Gasteiger partial charge >= 0.3 is 0 Å². The second-order valence-corrected chi connectivity index (χ2v) is 3.27. The lowest BCUT2D eigenvalue weighted by Gasteiger charge is -2.32. The summed E-state index contributed by atoms with van der Waals surface area (Å²) >= 11 is 0. The van der Waals surface area contributed by atoms with Crippen LogP contribution in [0.2, 0.25) is 0 Å². The fourth-order valence-corrected chi connectivity index (χ4v) is 0.400. The first-order chi connectivity index (χ1) is 3.85. The molecule has 0 aliphatic rings. The number of likely N-dealkylation sites (N-methyl/N-ethyl adjacent to an activating group) is 1. The van der Waals surface area contributed by atoms with Crippen LogP contribution in [0, 0.1) is 0 Å². The van der Waals surface area contributed by atoms with Crippen molar-refractivity contribution in [3.8, 4) is 0 Å². The molecule has 0 fully saturated rings. The number of rotatable bonds is 2. The van der Waals surface area contributed by atoms with E-state index in [1.165, 1.54) is 0 Å². The Morgan fingerprint density at radius 3 is 1.44 bits per heavy atom. The highest BCUT2D eigenvalue weighted by Gasteiger charge is 2.24. The lowest BCUT2D eigenvalue weighted by molar-refractivity contribution is -0.901. The largest absolute Gasteiger partial charge is 0.363 e. The lowest BCUT2D eigenvalue weighted by Crippen LogP contribution is -2.49. The van der Waals surface area contributed by atoms with Crippen LogP contribution < -0.4 is 0 Å². The predicted octanol–water partition coefficient (Wildman–Crippen LogP) is -0.608. The molecule has 0 radical (unpaired) electrons. The summed E-state index contributed by atoms with van der Waals surface area (Å²) in [5.41, 5.74) is 0. The fourth-order valence-electron chi connectivity index (χ4n) is 0.400. The Morgan fingerprint density at radius 1 is 1.11 bits per heavy atom. The molecular weight excluding hydrogens is 118 g/mol. The number of aliphatic hydroxyl groups excluding tert-OH is 1. The van der Waals surface area contributed by atoms with Gasteiger partial charge in [-0.1, -0.05) is 0 Å². The smallest absolute Gasteiger partial charge is 0.205 e. The van der Waals surface area contributed by atoms with E-state index in [1.807, 2.05) is 21.1 Å². The Labute approximate surface area is 56.1 Å². The van der Waals surface area contributed by atoms with Crippen molar-refractivity contribution >= 4 is 0 Å². The molecule has 9 heavy (non-hydrogen) atoms. The molecule has 0 bridgehead atoms. The van der Waals surface area contributed by atoms with Gasteiger partial charge < -0.3 is 14.7 Å². The molecule has 0 aliphatic carbocycles. The molecule has 56 valence electrons. The monoisotopic (exact) mass is 134 g/mol. The van der Waals surface area contributed by atoms with Crippen molar-refractivity contribution in [2.24, 2.45) is 0 Å². The second-order valence-electron chi connectivity index (χ2n) is 3.27. The Balaban J connectivity index is 3.88. The summed E-state index contributed by atoms with van der Waals surface area (Å²) in [6.07, 6.45) is -1.22. The number of aliphatic hydroxyl groups is 2. The lowest BCUT2D eigenvalue weighted by atomic mass is 10.3. The van der Waals surface area contributed by atoms with Crippen molar-refractivity contribution in [2.45, 2.75) is 19.3 Å². The Bertz CT molecular complexity index is 85.5. The third-order valence-electron chi connectivity index (χ3n) is 1.65. The van der Waals surface area contributed by atoms with Crippen LogP contribution in [-0.4, -0.2) is 48.2 Å². The molecule has 0 saturated carbocycles. The van der Waals surface area contributed by atoms with E-state index in [2.05, 4.69) is 0 Å². The van der Waals surface area contributed by atoms with Crippen LogP contribution in [0.15, 0.2) is 0 Å². The standard InChI is InChI=1S/C6H16NO2/c1-5(6(8)9)7(2,3)4/h5-6,8-9H,1-4H3/q+1. The first-order valence-corrected chi connectivity index (χ1v) is 3.03. The third-order valence-corrected chi connectivity index (χ3v) is 1.65. The molecule has 0 spiro atoms. The normalized spacial score (nSPS) is 16.3. The molecule has 1 unspecified atom stereocenters. The van der Waals surface area contributed by atoms with Gasteiger partial charge in [0.1, 0.15) is 6.04 Å². The van der Waals surface area contributed by atoms with E-state index in [1.54, 1.807) is 6.92 Å². The van der Waals surface area contributed by atoms with Crippen molar-refractivity contribution in [2.75, 3.05) is 21.1 Å². The van der Waals surface area contributed by atoms with Gasteiger partial charge in [-0.3, -0.25) is 0 Å². The Hall–Kier alpha value is -0.120. The summed E-state index contributed by atoms with van der Waals surface area (Å²) in [5, 5.41) is 17.4. The van der Waals surface area contributed by atoms with Gasteiger partial charge in [-0.15, -0.1) is 0 Å². The highest BCUT2D eigenvalue weighted by molar-refractivity contribution is 4.48. The maximum absolute atomic E-state index is 8.70. The van der Waals surface area contributed by atoms with E-state index in [0.29, 0.717) is 4.48 Å². The van der Waals surface area contributed by atoms with Crippen LogP contribution in [-0.2, 0) is 0 Å². The minimum absolute atomic E-state index is 0.134. The zero-order valence-electron chi connectivity index (χ0n) is 6.50. The SMILES string of the molecule is CC(C(O)O)[N+](C)(C)C. The quantitative estimate of drug-likeness (QED) is 0.391. The maximum Gasteiger partial charge on any atom is 0.205 e. The van der Waals surface area contributed by atoms with E-state index in [0.717, 1.165) is 0 Å². The van der Waals surface area contributed by atoms with E-state index >= 15 is 0 Å². The molecule has 0 aromatic carbocycles. The maximum atomic E-state index is 8.70. The molecule has 0 amide bonds. The summed E-state index contributed by atoms with van der Waals surface area (Å²) in [4.78, 5) is 0. The minimum atomic E-state index is -1.22. The van der Waals surface area contributed by atoms with Crippen molar-refractivity contribution in [3.05, 3.63) is 0 Å². The van der Waals surface area contributed by atoms with E-state index in [9.17, 15) is 0 Å². The fraction of sp³-hybridized carbons (Fsp3) is 1.00. The number of hydrogen-bond acceptors (Lipinski definition) is 2. The molecule has 2 N–H and O–H groups in total. The molecule has 1 atom stereocenters. The summed E-state index contributed by atoms with van der Waals surface area (Å²) < 4.78 is 0.567. The van der Waals surface area contributed by atoms with Gasteiger partial charge in [-0.05, 0) is 6.92 Å². The summed E-state index contributed by atoms with van der Waals surface area (Å²) in [6, 6.07) is -0.134. The summed E-state index contributed by atoms with van der Waals surface area (Å²) in [5.74, 6) is 0. The molecule has 0 rings (SSSR count). The van der Waals surface area contributed by atoms with Gasteiger partial charge in [0.2, 0.25) is 6.29 Å². The van der Waals surface area contributed by atoms with Crippen LogP contribution in [0.5, 0.6) is 0 Å². The molecule has 0 saturated heterocycles. The highest BCUT2D eigenvalue weighted by atomic mass is 16.5. The first kappa shape index (κ1) is 8.88. The number of nitrogens with zero attached hydrogens (tertiary/aromatic N) is 1. The van der Waals surface area contributed by atoms with Crippen molar-refractivity contribution < 1.29 is 14.7 Å². The van der Waals surface area contributed by atoms with E-state index < -0.39 is 6.29 Å². The average Bonchev–Trinajstić information content (AvgIpc) is 1.62. The Morgan fingerprint density at radius 2 is 1.44 bits per heavy atom. The molecule has 3 nitrogen and oxygen atoms in total. The number of quaternary nitrogens is 1. The van der Waals surface area contributed by atoms with Gasteiger partial charge in [0, 0.05) is 0 Å². The zero-order valence-corrected chi connectivity index (χ0v) is 6.50. The molecule has 0 heterocycles. The van der Waals surface area contributed by atoms with Crippen LogP contribution in [0.4, 0.5) is 0 Å². The van der Waals surface area contributed by atoms with Crippen molar-refractivity contribution in [3.63, 3.8) is 0 Å². The van der Waals surface area contributed by atoms with Crippen molar-refractivity contribution in [1.82, 2.24) is 0 Å². The minimum Gasteiger partial charge on any atom is -0.363 e. The van der Waals surface area contributed by atoms with Gasteiger partial charge in [-0.25, -0.2) is 0 Å². The Kier molecular flexibility index (Phi) is 2.61. The first-order valence-electron chi connectivity index (χ1n) is 3.03. The molecule has 0 aromatic rings. The molecule has 0 aliphatic heterocycles. The highest BCUT2D eigenvalue weighted by Crippen LogP contribution is 2.03. The third kappa shape index (κ3) is 2.79. The molecule has 3 heteroatoms. The van der Waals surface area contributed by atoms with Gasteiger partial charge in [0.15, 0.2) is 0 Å². The van der Waals surface area contributed by atoms with Crippen LogP contribution in [0.3, 0.4) is 0 Å². The van der Waals surface area contributed by atoms with E-state index in [4.69, 9.17) is 10.2 Å². The van der Waals surface area contributed by atoms with Gasteiger partial charge in [-0.2, -0.15) is 0 Å². The molecule has 0 aromatic heterocycles. The number of hydrogen-bond donors (Lipinski definition) is 2. The second kappa shape index (κ2) is 2.64. The van der Waals surface area contributed by atoms with Crippen molar-refractivity contribution in [1.29, 1.82) is 0 Å². The van der Waals surface area contributed by atoms with Gasteiger partial charge in [0.25, 0.3) is 0 Å². The summed E-state index contributed by atoms with van der Waals surface area (Å²) in [7, 11) is 5.76. The van der Waals surface area contributed by atoms with Crippen LogP contribution in [0.1, 0.15) is 6.92 Å². The molecular formula is C6H16NO2+. The average molecular weight is 134 g/mol. The predicted molar refractivity (Wildman–Crippen MR) is 35.7 cm³/mol.